The molecule has 106 valence electrons. The first-order chi connectivity index (χ1) is 10.2. The van der Waals surface area contributed by atoms with Gasteiger partial charge in [-0.15, -0.1) is 0 Å². The minimum absolute atomic E-state index is 0.0588. The van der Waals surface area contributed by atoms with Crippen LogP contribution in [0.5, 0.6) is 5.75 Å². The molecule has 0 N–H and O–H groups in total. The van der Waals surface area contributed by atoms with Crippen LogP contribution < -0.4 is 10.3 Å². The van der Waals surface area contributed by atoms with Crippen molar-refractivity contribution in [2.24, 2.45) is 0 Å². The van der Waals surface area contributed by atoms with Crippen LogP contribution in [0.1, 0.15) is 11.3 Å². The summed E-state index contributed by atoms with van der Waals surface area (Å²) < 4.78 is 6.99. The Morgan fingerprint density at radius 1 is 1.14 bits per heavy atom. The van der Waals surface area contributed by atoms with Gasteiger partial charge in [-0.1, -0.05) is 24.3 Å². The number of nitrogens with zero attached hydrogens (tertiary/aromatic N) is 2. The van der Waals surface area contributed by atoms with E-state index in [2.05, 4.69) is 4.98 Å². The summed E-state index contributed by atoms with van der Waals surface area (Å²) in [7, 11) is 1.64. The minimum Gasteiger partial charge on any atom is -0.497 e. The van der Waals surface area contributed by atoms with E-state index in [-0.39, 0.29) is 5.56 Å². The Kier molecular flexibility index (Phi) is 3.44. The van der Waals surface area contributed by atoms with Crippen LogP contribution in [-0.4, -0.2) is 16.7 Å². The first kappa shape index (κ1) is 13.4. The van der Waals surface area contributed by atoms with Gasteiger partial charge in [0.05, 0.1) is 24.7 Å². The third-order valence-electron chi connectivity index (χ3n) is 3.49. The van der Waals surface area contributed by atoms with E-state index in [1.807, 2.05) is 48.5 Å². The van der Waals surface area contributed by atoms with Crippen LogP contribution in [0.15, 0.2) is 53.3 Å². The van der Waals surface area contributed by atoms with Crippen molar-refractivity contribution in [3.05, 3.63) is 70.1 Å². The summed E-state index contributed by atoms with van der Waals surface area (Å²) in [5.41, 5.74) is 3.15. The van der Waals surface area contributed by atoms with Gasteiger partial charge in [-0.25, -0.2) is 4.98 Å². The maximum Gasteiger partial charge on any atom is 0.272 e. The Bertz CT molecular complexity index is 853. The van der Waals surface area contributed by atoms with Crippen molar-refractivity contribution >= 4 is 11.0 Å². The van der Waals surface area contributed by atoms with Gasteiger partial charge in [0.25, 0.3) is 5.56 Å². The molecular weight excluding hydrogens is 264 g/mol. The van der Waals surface area contributed by atoms with Crippen molar-refractivity contribution in [3.8, 4) is 5.75 Å². The molecule has 1 heterocycles. The molecule has 0 spiro atoms. The third-order valence-corrected chi connectivity index (χ3v) is 3.49. The molecule has 21 heavy (non-hydrogen) atoms. The standard InChI is InChI=1S/C17H16N2O2/c1-12-17(20)19(16-9-4-3-8-15(16)18-12)11-13-6-5-7-14(10-13)21-2/h3-10H,11H2,1-2H3. The van der Waals surface area contributed by atoms with Crippen molar-refractivity contribution in [1.29, 1.82) is 0 Å². The first-order valence-electron chi connectivity index (χ1n) is 6.78. The zero-order chi connectivity index (χ0) is 14.8. The molecule has 0 fully saturated rings. The van der Waals surface area contributed by atoms with Gasteiger partial charge in [0.1, 0.15) is 11.4 Å². The summed E-state index contributed by atoms with van der Waals surface area (Å²) in [6.45, 7) is 2.25. The zero-order valence-electron chi connectivity index (χ0n) is 12.0. The predicted octanol–water partition coefficient (Wildman–Crippen LogP) is 2.76. The van der Waals surface area contributed by atoms with Gasteiger partial charge < -0.3 is 9.30 Å². The molecule has 1 aromatic heterocycles. The van der Waals surface area contributed by atoms with Crippen molar-refractivity contribution in [3.63, 3.8) is 0 Å². The van der Waals surface area contributed by atoms with E-state index in [1.54, 1.807) is 18.6 Å². The predicted molar refractivity (Wildman–Crippen MR) is 82.8 cm³/mol. The van der Waals surface area contributed by atoms with Crippen LogP contribution >= 0.6 is 0 Å². The summed E-state index contributed by atoms with van der Waals surface area (Å²) in [4.78, 5) is 16.8. The van der Waals surface area contributed by atoms with Crippen LogP contribution in [0.2, 0.25) is 0 Å². The lowest BCUT2D eigenvalue weighted by Gasteiger charge is -2.11. The normalized spacial score (nSPS) is 10.8. The largest absolute Gasteiger partial charge is 0.497 e. The zero-order valence-corrected chi connectivity index (χ0v) is 12.0. The number of aromatic nitrogens is 2. The van der Waals surface area contributed by atoms with Crippen molar-refractivity contribution in [2.45, 2.75) is 13.5 Å². The van der Waals surface area contributed by atoms with Crippen LogP contribution in [0.3, 0.4) is 0 Å². The first-order valence-corrected chi connectivity index (χ1v) is 6.78. The Hall–Kier alpha value is -2.62. The minimum atomic E-state index is -0.0588. The molecular formula is C17H16N2O2. The number of hydrogen-bond acceptors (Lipinski definition) is 3. The summed E-state index contributed by atoms with van der Waals surface area (Å²) in [6, 6.07) is 15.4. The van der Waals surface area contributed by atoms with Crippen LogP contribution in [-0.2, 0) is 6.54 Å². The molecule has 2 aromatic carbocycles. The number of ether oxygens (including phenoxy) is 1. The molecule has 0 bridgehead atoms. The molecule has 0 atom stereocenters. The van der Waals surface area contributed by atoms with E-state index in [0.717, 1.165) is 22.3 Å². The van der Waals surface area contributed by atoms with Crippen LogP contribution in [0, 0.1) is 6.92 Å². The average Bonchev–Trinajstić information content (AvgIpc) is 2.52. The summed E-state index contributed by atoms with van der Waals surface area (Å²) in [5.74, 6) is 0.788. The molecule has 0 amide bonds. The molecule has 0 radical (unpaired) electrons. The Balaban J connectivity index is 2.15. The molecule has 3 aromatic rings. The Morgan fingerprint density at radius 3 is 2.76 bits per heavy atom. The van der Waals surface area contributed by atoms with Gasteiger partial charge in [0.2, 0.25) is 0 Å². The third kappa shape index (κ3) is 2.52. The molecule has 4 heteroatoms. The van der Waals surface area contributed by atoms with Gasteiger partial charge in [0.15, 0.2) is 0 Å². The topological polar surface area (TPSA) is 44.1 Å². The molecule has 0 aliphatic carbocycles. The molecule has 0 saturated carbocycles. The van der Waals surface area contributed by atoms with E-state index in [4.69, 9.17) is 4.74 Å². The molecule has 0 aliphatic rings. The van der Waals surface area contributed by atoms with Gasteiger partial charge in [-0.3, -0.25) is 4.79 Å². The van der Waals surface area contributed by atoms with E-state index >= 15 is 0 Å². The van der Waals surface area contributed by atoms with E-state index in [0.29, 0.717) is 12.2 Å². The second kappa shape index (κ2) is 5.40. The summed E-state index contributed by atoms with van der Waals surface area (Å²) in [6.07, 6.45) is 0. The second-order valence-corrected chi connectivity index (χ2v) is 4.93. The number of fused-ring (bicyclic) bond motifs is 1. The number of methoxy groups -OCH3 is 1. The highest BCUT2D eigenvalue weighted by Gasteiger charge is 2.08. The molecule has 0 unspecified atom stereocenters. The lowest BCUT2D eigenvalue weighted by molar-refractivity contribution is 0.414. The van der Waals surface area contributed by atoms with E-state index < -0.39 is 0 Å². The summed E-state index contributed by atoms with van der Waals surface area (Å²) >= 11 is 0. The molecule has 3 rings (SSSR count). The smallest absolute Gasteiger partial charge is 0.272 e. The van der Waals surface area contributed by atoms with Crippen molar-refractivity contribution < 1.29 is 4.74 Å². The highest BCUT2D eigenvalue weighted by molar-refractivity contribution is 5.74. The maximum absolute atomic E-state index is 12.4. The molecule has 0 aliphatic heterocycles. The Labute approximate surface area is 122 Å². The van der Waals surface area contributed by atoms with Crippen LogP contribution in [0.4, 0.5) is 0 Å². The number of benzene rings is 2. The van der Waals surface area contributed by atoms with Crippen molar-refractivity contribution in [2.75, 3.05) is 7.11 Å². The monoisotopic (exact) mass is 280 g/mol. The Morgan fingerprint density at radius 2 is 1.95 bits per heavy atom. The fourth-order valence-corrected chi connectivity index (χ4v) is 2.43. The maximum atomic E-state index is 12.4. The summed E-state index contributed by atoms with van der Waals surface area (Å²) in [5, 5.41) is 0. The lowest BCUT2D eigenvalue weighted by Crippen LogP contribution is -2.24. The highest BCUT2D eigenvalue weighted by atomic mass is 16.5. The van der Waals surface area contributed by atoms with Crippen LogP contribution in [0.25, 0.3) is 11.0 Å². The number of aryl methyl sites for hydroxylation is 1. The quantitative estimate of drug-likeness (QED) is 0.741. The molecule has 4 nitrogen and oxygen atoms in total. The molecule has 0 saturated heterocycles. The number of rotatable bonds is 3. The number of hydrogen-bond donors (Lipinski definition) is 0. The average molecular weight is 280 g/mol. The van der Waals surface area contributed by atoms with Gasteiger partial charge in [0, 0.05) is 0 Å². The fraction of sp³-hybridized carbons (Fsp3) is 0.176. The van der Waals surface area contributed by atoms with Gasteiger partial charge in [-0.2, -0.15) is 0 Å². The lowest BCUT2D eigenvalue weighted by atomic mass is 10.2. The SMILES string of the molecule is COc1cccc(Cn2c(=O)c(C)nc3ccccc32)c1. The van der Waals surface area contributed by atoms with E-state index in [1.165, 1.54) is 0 Å². The second-order valence-electron chi connectivity index (χ2n) is 4.93. The van der Waals surface area contributed by atoms with Gasteiger partial charge in [-0.05, 0) is 36.8 Å². The van der Waals surface area contributed by atoms with Gasteiger partial charge >= 0.3 is 0 Å². The number of para-hydroxylation sites is 2. The van der Waals surface area contributed by atoms with E-state index in [9.17, 15) is 4.79 Å². The fourth-order valence-electron chi connectivity index (χ4n) is 2.43. The van der Waals surface area contributed by atoms with Crippen molar-refractivity contribution in [1.82, 2.24) is 9.55 Å². The highest BCUT2D eigenvalue weighted by Crippen LogP contribution is 2.16.